The zero-order valence-electron chi connectivity index (χ0n) is 11.1. The first-order chi connectivity index (χ1) is 8.49. The second-order valence-corrected chi connectivity index (χ2v) is 4.52. The lowest BCUT2D eigenvalue weighted by molar-refractivity contribution is 0.0714. The maximum absolute atomic E-state index is 12.1. The zero-order valence-corrected chi connectivity index (χ0v) is 11.1. The van der Waals surface area contributed by atoms with Crippen molar-refractivity contribution < 1.29 is 15.0 Å². The molecule has 0 bridgehead atoms. The predicted octanol–water partition coefficient (Wildman–Crippen LogP) is -0.0615. The van der Waals surface area contributed by atoms with E-state index in [-0.39, 0.29) is 19.1 Å². The molecule has 18 heavy (non-hydrogen) atoms. The number of aliphatic hydroxyl groups is 2. The van der Waals surface area contributed by atoms with Gasteiger partial charge >= 0.3 is 0 Å². The number of rotatable bonds is 6. The van der Waals surface area contributed by atoms with E-state index in [1.165, 1.54) is 0 Å². The van der Waals surface area contributed by atoms with E-state index >= 15 is 0 Å². The smallest absolute Gasteiger partial charge is 0.270 e. The molecule has 1 heterocycles. The van der Waals surface area contributed by atoms with E-state index in [0.29, 0.717) is 12.2 Å². The molecule has 1 amide bonds. The molecule has 6 heteroatoms. The molecule has 0 saturated carbocycles. The Morgan fingerprint density at radius 1 is 1.44 bits per heavy atom. The third-order valence-corrected chi connectivity index (χ3v) is 2.84. The van der Waals surface area contributed by atoms with Crippen LogP contribution < -0.4 is 5.32 Å². The quantitative estimate of drug-likeness (QED) is 0.664. The first-order valence-corrected chi connectivity index (χ1v) is 6.10. The highest BCUT2D eigenvalue weighted by Gasteiger charge is 2.26. The maximum Gasteiger partial charge on any atom is 0.270 e. The fourth-order valence-electron chi connectivity index (χ4n) is 1.53. The van der Waals surface area contributed by atoms with Crippen molar-refractivity contribution in [3.05, 3.63) is 17.5 Å². The van der Waals surface area contributed by atoms with Crippen LogP contribution in [0.25, 0.3) is 0 Å². The molecule has 0 unspecified atom stereocenters. The van der Waals surface area contributed by atoms with Crippen molar-refractivity contribution in [1.29, 1.82) is 0 Å². The summed E-state index contributed by atoms with van der Waals surface area (Å²) in [5.41, 5.74) is 0.269. The summed E-state index contributed by atoms with van der Waals surface area (Å²) in [5, 5.41) is 25.2. The molecule has 1 rings (SSSR count). The van der Waals surface area contributed by atoms with Crippen molar-refractivity contribution in [1.82, 2.24) is 15.1 Å². The van der Waals surface area contributed by atoms with E-state index in [1.54, 1.807) is 17.7 Å². The number of aryl methyl sites for hydroxylation is 2. The molecule has 0 aliphatic heterocycles. The van der Waals surface area contributed by atoms with Crippen LogP contribution in [0.3, 0.4) is 0 Å². The molecule has 1 aromatic heterocycles. The normalized spacial score (nSPS) is 11.6. The van der Waals surface area contributed by atoms with Gasteiger partial charge in [0.1, 0.15) is 5.69 Å². The summed E-state index contributed by atoms with van der Waals surface area (Å²) in [6.07, 6.45) is 0.755. The Morgan fingerprint density at radius 3 is 2.50 bits per heavy atom. The van der Waals surface area contributed by atoms with E-state index < -0.39 is 5.54 Å². The van der Waals surface area contributed by atoms with E-state index in [4.69, 9.17) is 10.2 Å². The third-order valence-electron chi connectivity index (χ3n) is 2.84. The van der Waals surface area contributed by atoms with Crippen LogP contribution in [0.4, 0.5) is 0 Å². The van der Waals surface area contributed by atoms with Crippen LogP contribution >= 0.6 is 0 Å². The molecule has 0 saturated heterocycles. The van der Waals surface area contributed by atoms with Gasteiger partial charge in [0.15, 0.2) is 0 Å². The number of nitrogens with zero attached hydrogens (tertiary/aromatic N) is 2. The van der Waals surface area contributed by atoms with E-state index in [2.05, 4.69) is 10.4 Å². The standard InChI is InChI=1S/C12H21N3O3/c1-4-9-6-10(15(5-2)14-9)11(18)13-12(3,7-16)8-17/h6,16-17H,4-5,7-8H2,1-3H3,(H,13,18). The van der Waals surface area contributed by atoms with Gasteiger partial charge in [0, 0.05) is 6.54 Å². The summed E-state index contributed by atoms with van der Waals surface area (Å²) >= 11 is 0. The Hall–Kier alpha value is -1.40. The van der Waals surface area contributed by atoms with Gasteiger partial charge in [-0.15, -0.1) is 0 Å². The molecule has 0 aliphatic carbocycles. The van der Waals surface area contributed by atoms with Crippen LogP contribution in [0.1, 0.15) is 37.0 Å². The summed E-state index contributed by atoms with van der Waals surface area (Å²) in [7, 11) is 0. The molecule has 0 spiro atoms. The Bertz CT molecular complexity index is 411. The largest absolute Gasteiger partial charge is 0.394 e. The molecular weight excluding hydrogens is 234 g/mol. The molecule has 0 atom stereocenters. The van der Waals surface area contributed by atoms with Crippen molar-refractivity contribution in [3.63, 3.8) is 0 Å². The minimum atomic E-state index is -1.02. The average Bonchev–Trinajstić information content (AvgIpc) is 2.81. The van der Waals surface area contributed by atoms with Gasteiger partial charge in [-0.2, -0.15) is 5.10 Å². The van der Waals surface area contributed by atoms with Gasteiger partial charge in [-0.25, -0.2) is 0 Å². The van der Waals surface area contributed by atoms with Crippen LogP contribution in [0, 0.1) is 0 Å². The van der Waals surface area contributed by atoms with Crippen molar-refractivity contribution in [2.75, 3.05) is 13.2 Å². The summed E-state index contributed by atoms with van der Waals surface area (Å²) in [4.78, 5) is 12.1. The molecule has 0 aromatic carbocycles. The highest BCUT2D eigenvalue weighted by molar-refractivity contribution is 5.93. The van der Waals surface area contributed by atoms with Crippen molar-refractivity contribution in [3.8, 4) is 0 Å². The number of nitrogens with one attached hydrogen (secondary N) is 1. The highest BCUT2D eigenvalue weighted by atomic mass is 16.3. The fraction of sp³-hybridized carbons (Fsp3) is 0.667. The topological polar surface area (TPSA) is 87.4 Å². The summed E-state index contributed by atoms with van der Waals surface area (Å²) in [5.74, 6) is -0.338. The molecule has 0 aliphatic rings. The van der Waals surface area contributed by atoms with Crippen molar-refractivity contribution >= 4 is 5.91 Å². The SMILES string of the molecule is CCc1cc(C(=O)NC(C)(CO)CO)n(CC)n1. The predicted molar refractivity (Wildman–Crippen MR) is 67.3 cm³/mol. The van der Waals surface area contributed by atoms with Gasteiger partial charge in [0.05, 0.1) is 24.4 Å². The van der Waals surface area contributed by atoms with Gasteiger partial charge in [-0.3, -0.25) is 9.48 Å². The molecular formula is C12H21N3O3. The molecule has 0 fully saturated rings. The number of hydrogen-bond acceptors (Lipinski definition) is 4. The Kier molecular flexibility index (Phi) is 4.86. The van der Waals surface area contributed by atoms with Crippen LogP contribution in [0.2, 0.25) is 0 Å². The minimum Gasteiger partial charge on any atom is -0.394 e. The number of aromatic nitrogens is 2. The maximum atomic E-state index is 12.1. The lowest BCUT2D eigenvalue weighted by Crippen LogP contribution is -2.52. The summed E-state index contributed by atoms with van der Waals surface area (Å²) < 4.78 is 1.61. The van der Waals surface area contributed by atoms with Crippen LogP contribution in [0.15, 0.2) is 6.07 Å². The Morgan fingerprint density at radius 2 is 2.06 bits per heavy atom. The number of carbonyl (C=O) groups excluding carboxylic acids is 1. The molecule has 102 valence electrons. The Labute approximate surface area is 107 Å². The number of hydrogen-bond donors (Lipinski definition) is 3. The average molecular weight is 255 g/mol. The summed E-state index contributed by atoms with van der Waals surface area (Å²) in [6.45, 7) is 5.40. The monoisotopic (exact) mass is 255 g/mol. The first-order valence-electron chi connectivity index (χ1n) is 6.10. The van der Waals surface area contributed by atoms with Crippen molar-refractivity contribution in [2.45, 2.75) is 39.3 Å². The van der Waals surface area contributed by atoms with E-state index in [0.717, 1.165) is 12.1 Å². The van der Waals surface area contributed by atoms with Gasteiger partial charge in [0.2, 0.25) is 0 Å². The first kappa shape index (κ1) is 14.7. The molecule has 0 radical (unpaired) electrons. The number of aliphatic hydroxyl groups excluding tert-OH is 2. The lowest BCUT2D eigenvalue weighted by atomic mass is 10.1. The molecule has 6 nitrogen and oxygen atoms in total. The highest BCUT2D eigenvalue weighted by Crippen LogP contribution is 2.08. The van der Waals surface area contributed by atoms with Crippen LogP contribution in [-0.2, 0) is 13.0 Å². The van der Waals surface area contributed by atoms with Gasteiger partial charge in [-0.1, -0.05) is 6.92 Å². The number of carbonyl (C=O) groups is 1. The Balaban J connectivity index is 2.93. The molecule has 3 N–H and O–H groups in total. The van der Waals surface area contributed by atoms with E-state index in [9.17, 15) is 4.79 Å². The van der Waals surface area contributed by atoms with Crippen LogP contribution in [-0.4, -0.2) is 44.7 Å². The second-order valence-electron chi connectivity index (χ2n) is 4.52. The lowest BCUT2D eigenvalue weighted by Gasteiger charge is -2.26. The van der Waals surface area contributed by atoms with Crippen molar-refractivity contribution in [2.24, 2.45) is 0 Å². The fourth-order valence-corrected chi connectivity index (χ4v) is 1.53. The third kappa shape index (κ3) is 3.08. The van der Waals surface area contributed by atoms with Gasteiger partial charge in [0.25, 0.3) is 5.91 Å². The molecule has 1 aromatic rings. The zero-order chi connectivity index (χ0) is 13.8. The minimum absolute atomic E-state index is 0.323. The van der Waals surface area contributed by atoms with Gasteiger partial charge < -0.3 is 15.5 Å². The summed E-state index contributed by atoms with van der Waals surface area (Å²) in [6, 6.07) is 1.73. The van der Waals surface area contributed by atoms with E-state index in [1.807, 2.05) is 13.8 Å². The second kappa shape index (κ2) is 5.97. The number of amides is 1. The van der Waals surface area contributed by atoms with Gasteiger partial charge in [-0.05, 0) is 26.3 Å². The van der Waals surface area contributed by atoms with Crippen LogP contribution in [0.5, 0.6) is 0 Å².